The van der Waals surface area contributed by atoms with Crippen molar-refractivity contribution in [2.45, 2.75) is 6.92 Å². The lowest BCUT2D eigenvalue weighted by Gasteiger charge is -2.11. The summed E-state index contributed by atoms with van der Waals surface area (Å²) >= 11 is 3.46. The van der Waals surface area contributed by atoms with Crippen molar-refractivity contribution >= 4 is 15.9 Å². The number of aryl methyl sites for hydroxylation is 1. The second kappa shape index (κ2) is 5.93. The summed E-state index contributed by atoms with van der Waals surface area (Å²) in [6, 6.07) is 7.24. The lowest BCUT2D eigenvalue weighted by Crippen LogP contribution is -1.93. The molecule has 0 saturated heterocycles. The van der Waals surface area contributed by atoms with Gasteiger partial charge in [-0.3, -0.25) is 0 Å². The van der Waals surface area contributed by atoms with Crippen LogP contribution in [0.2, 0.25) is 0 Å². The van der Waals surface area contributed by atoms with Gasteiger partial charge in [0.15, 0.2) is 0 Å². The van der Waals surface area contributed by atoms with Crippen LogP contribution in [-0.2, 0) is 0 Å². The molecule has 1 heterocycles. The lowest BCUT2D eigenvalue weighted by atomic mass is 10.3. The van der Waals surface area contributed by atoms with Gasteiger partial charge < -0.3 is 14.2 Å². The van der Waals surface area contributed by atoms with E-state index in [1.165, 1.54) is 0 Å². The van der Waals surface area contributed by atoms with E-state index in [1.54, 1.807) is 38.6 Å². The fraction of sp³-hybridized carbons (Fsp3) is 0.214. The minimum atomic E-state index is 0.510. The van der Waals surface area contributed by atoms with Gasteiger partial charge in [-0.2, -0.15) is 0 Å². The molecule has 0 aliphatic heterocycles. The van der Waals surface area contributed by atoms with E-state index in [4.69, 9.17) is 14.2 Å². The second-order valence-corrected chi connectivity index (χ2v) is 4.69. The number of benzene rings is 1. The third-order valence-electron chi connectivity index (χ3n) is 2.59. The van der Waals surface area contributed by atoms with Crippen molar-refractivity contribution in [3.8, 4) is 23.1 Å². The smallest absolute Gasteiger partial charge is 0.233 e. The van der Waals surface area contributed by atoms with Gasteiger partial charge in [0.1, 0.15) is 17.2 Å². The second-order valence-electron chi connectivity index (χ2n) is 3.90. The first-order valence-corrected chi connectivity index (χ1v) is 6.45. The van der Waals surface area contributed by atoms with Gasteiger partial charge in [0, 0.05) is 24.4 Å². The maximum atomic E-state index is 5.76. The maximum Gasteiger partial charge on any atom is 0.233 e. The molecule has 0 atom stereocenters. The van der Waals surface area contributed by atoms with Crippen LogP contribution in [0.3, 0.4) is 0 Å². The van der Waals surface area contributed by atoms with Gasteiger partial charge in [-0.15, -0.1) is 0 Å². The van der Waals surface area contributed by atoms with E-state index in [2.05, 4.69) is 20.9 Å². The molecule has 0 amide bonds. The Kier molecular flexibility index (Phi) is 4.27. The predicted octanol–water partition coefficient (Wildman–Crippen LogP) is 3.96. The molecule has 5 heteroatoms. The summed E-state index contributed by atoms with van der Waals surface area (Å²) in [4.78, 5) is 4.19. The molecule has 0 unspecified atom stereocenters. The SMILES string of the molecule is COc1cc(OC)cc(Oc2nccc(C)c2Br)c1. The van der Waals surface area contributed by atoms with Crippen LogP contribution in [0.4, 0.5) is 0 Å². The van der Waals surface area contributed by atoms with Crippen LogP contribution in [0.5, 0.6) is 23.1 Å². The molecule has 2 aromatic rings. The number of nitrogens with zero attached hydrogens (tertiary/aromatic N) is 1. The zero-order chi connectivity index (χ0) is 13.8. The molecule has 0 aliphatic carbocycles. The topological polar surface area (TPSA) is 40.6 Å². The Bertz CT molecular complexity index is 565. The number of hydrogen-bond donors (Lipinski definition) is 0. The van der Waals surface area contributed by atoms with Crippen LogP contribution in [-0.4, -0.2) is 19.2 Å². The first kappa shape index (κ1) is 13.7. The molecule has 0 saturated carbocycles. The summed E-state index contributed by atoms with van der Waals surface area (Å²) in [6.45, 7) is 1.98. The molecule has 0 bridgehead atoms. The van der Waals surface area contributed by atoms with Crippen molar-refractivity contribution in [1.29, 1.82) is 0 Å². The average molecular weight is 324 g/mol. The van der Waals surface area contributed by atoms with Gasteiger partial charge in [0.25, 0.3) is 0 Å². The molecular weight excluding hydrogens is 310 g/mol. The molecule has 1 aromatic heterocycles. The number of pyridine rings is 1. The zero-order valence-electron chi connectivity index (χ0n) is 10.9. The van der Waals surface area contributed by atoms with Gasteiger partial charge in [0.2, 0.25) is 5.88 Å². The molecule has 0 fully saturated rings. The summed E-state index contributed by atoms with van der Waals surface area (Å²) in [5.41, 5.74) is 1.06. The number of ether oxygens (including phenoxy) is 3. The van der Waals surface area contributed by atoms with Crippen molar-refractivity contribution in [1.82, 2.24) is 4.98 Å². The van der Waals surface area contributed by atoms with Crippen molar-refractivity contribution in [2.75, 3.05) is 14.2 Å². The average Bonchev–Trinajstić information content (AvgIpc) is 2.43. The first-order valence-electron chi connectivity index (χ1n) is 5.66. The molecule has 2 rings (SSSR count). The lowest BCUT2D eigenvalue weighted by molar-refractivity contribution is 0.384. The minimum absolute atomic E-state index is 0.510. The molecule has 0 N–H and O–H groups in total. The number of hydrogen-bond acceptors (Lipinski definition) is 4. The monoisotopic (exact) mass is 323 g/mol. The van der Waals surface area contributed by atoms with E-state index in [0.29, 0.717) is 23.1 Å². The minimum Gasteiger partial charge on any atom is -0.496 e. The molecule has 0 aliphatic rings. The molecule has 4 nitrogen and oxygen atoms in total. The Morgan fingerprint density at radius 3 is 2.16 bits per heavy atom. The Hall–Kier alpha value is -1.75. The summed E-state index contributed by atoms with van der Waals surface area (Å²) < 4.78 is 17.0. The van der Waals surface area contributed by atoms with Crippen molar-refractivity contribution in [3.63, 3.8) is 0 Å². The van der Waals surface area contributed by atoms with Crippen LogP contribution in [0.25, 0.3) is 0 Å². The predicted molar refractivity (Wildman–Crippen MR) is 76.3 cm³/mol. The first-order chi connectivity index (χ1) is 9.13. The van der Waals surface area contributed by atoms with Gasteiger partial charge in [0.05, 0.1) is 18.7 Å². The van der Waals surface area contributed by atoms with E-state index in [1.807, 2.05) is 13.0 Å². The van der Waals surface area contributed by atoms with Crippen LogP contribution in [0.1, 0.15) is 5.56 Å². The zero-order valence-corrected chi connectivity index (χ0v) is 12.5. The van der Waals surface area contributed by atoms with Crippen LogP contribution in [0.15, 0.2) is 34.9 Å². The summed E-state index contributed by atoms with van der Waals surface area (Å²) in [5, 5.41) is 0. The fourth-order valence-electron chi connectivity index (χ4n) is 1.54. The van der Waals surface area contributed by atoms with Gasteiger partial charge in [-0.05, 0) is 34.5 Å². The van der Waals surface area contributed by atoms with Gasteiger partial charge >= 0.3 is 0 Å². The summed E-state index contributed by atoms with van der Waals surface area (Å²) in [6.07, 6.45) is 1.70. The molecular formula is C14H14BrNO3. The van der Waals surface area contributed by atoms with Crippen molar-refractivity contribution < 1.29 is 14.2 Å². The van der Waals surface area contributed by atoms with Crippen molar-refractivity contribution in [2.24, 2.45) is 0 Å². The Morgan fingerprint density at radius 2 is 1.58 bits per heavy atom. The van der Waals surface area contributed by atoms with Gasteiger partial charge in [-0.25, -0.2) is 4.98 Å². The molecule has 1 aromatic carbocycles. The largest absolute Gasteiger partial charge is 0.496 e. The van der Waals surface area contributed by atoms with Gasteiger partial charge in [-0.1, -0.05) is 0 Å². The third kappa shape index (κ3) is 3.17. The summed E-state index contributed by atoms with van der Waals surface area (Å²) in [7, 11) is 3.19. The molecule has 100 valence electrons. The van der Waals surface area contributed by atoms with Crippen molar-refractivity contribution in [3.05, 3.63) is 40.5 Å². The highest BCUT2D eigenvalue weighted by atomic mass is 79.9. The standard InChI is InChI=1S/C14H14BrNO3/c1-9-4-5-16-14(13(9)15)19-12-7-10(17-2)6-11(8-12)18-3/h4-8H,1-3H3. The summed E-state index contributed by atoms with van der Waals surface area (Å²) in [5.74, 6) is 2.45. The van der Waals surface area contributed by atoms with Crippen LogP contribution >= 0.6 is 15.9 Å². The van der Waals surface area contributed by atoms with Crippen LogP contribution < -0.4 is 14.2 Å². The number of aromatic nitrogens is 1. The number of halogens is 1. The third-order valence-corrected chi connectivity index (χ3v) is 3.55. The van der Waals surface area contributed by atoms with E-state index >= 15 is 0 Å². The molecule has 0 radical (unpaired) electrons. The highest BCUT2D eigenvalue weighted by molar-refractivity contribution is 9.10. The van der Waals surface area contributed by atoms with E-state index < -0.39 is 0 Å². The van der Waals surface area contributed by atoms with Crippen LogP contribution in [0, 0.1) is 6.92 Å². The molecule has 19 heavy (non-hydrogen) atoms. The Balaban J connectivity index is 2.34. The van der Waals surface area contributed by atoms with E-state index in [-0.39, 0.29) is 0 Å². The highest BCUT2D eigenvalue weighted by Gasteiger charge is 2.09. The normalized spacial score (nSPS) is 10.1. The quantitative estimate of drug-likeness (QED) is 0.853. The number of rotatable bonds is 4. The Labute approximate surface area is 120 Å². The molecule has 0 spiro atoms. The van der Waals surface area contributed by atoms with E-state index in [0.717, 1.165) is 10.0 Å². The fourth-order valence-corrected chi connectivity index (χ4v) is 1.85. The van der Waals surface area contributed by atoms with E-state index in [9.17, 15) is 0 Å². The number of methoxy groups -OCH3 is 2. The maximum absolute atomic E-state index is 5.76. The Morgan fingerprint density at radius 1 is 1.00 bits per heavy atom. The highest BCUT2D eigenvalue weighted by Crippen LogP contribution is 2.33.